The Bertz CT molecular complexity index is 815. The van der Waals surface area contributed by atoms with Gasteiger partial charge >= 0.3 is 0 Å². The lowest BCUT2D eigenvalue weighted by atomic mass is 9.98. The molecule has 0 bridgehead atoms. The molecule has 1 unspecified atom stereocenters. The number of aromatic nitrogens is 1. The minimum absolute atomic E-state index is 0.248. The molecule has 1 aromatic heterocycles. The van der Waals surface area contributed by atoms with E-state index in [-0.39, 0.29) is 5.91 Å². The van der Waals surface area contributed by atoms with Gasteiger partial charge in [0.1, 0.15) is 0 Å². The summed E-state index contributed by atoms with van der Waals surface area (Å²) >= 11 is 0. The number of carbonyl (C=O) groups is 1. The first-order valence-corrected chi connectivity index (χ1v) is 9.33. The van der Waals surface area contributed by atoms with Gasteiger partial charge in [-0.25, -0.2) is 0 Å². The second-order valence-corrected chi connectivity index (χ2v) is 7.53. The molecule has 0 N–H and O–H groups in total. The van der Waals surface area contributed by atoms with Crippen LogP contribution < -0.4 is 0 Å². The number of benzene rings is 1. The predicted molar refractivity (Wildman–Crippen MR) is 98.8 cm³/mol. The van der Waals surface area contributed by atoms with E-state index in [1.54, 1.807) is 7.11 Å². The average Bonchev–Trinajstić information content (AvgIpc) is 3.17. The Hall–Kier alpha value is -1.94. The van der Waals surface area contributed by atoms with Gasteiger partial charge in [-0.05, 0) is 73.4 Å². The molecule has 0 radical (unpaired) electrons. The van der Waals surface area contributed by atoms with E-state index in [4.69, 9.17) is 9.72 Å². The number of hydrogen-bond acceptors (Lipinski definition) is 3. The first-order chi connectivity index (χ1) is 12.1. The van der Waals surface area contributed by atoms with Crippen molar-refractivity contribution >= 4 is 16.8 Å². The van der Waals surface area contributed by atoms with Crippen molar-refractivity contribution in [2.24, 2.45) is 5.92 Å². The van der Waals surface area contributed by atoms with Crippen molar-refractivity contribution < 1.29 is 9.53 Å². The normalized spacial score (nSPS) is 19.8. The topological polar surface area (TPSA) is 42.4 Å². The van der Waals surface area contributed by atoms with Crippen LogP contribution >= 0.6 is 0 Å². The molecule has 0 saturated carbocycles. The highest BCUT2D eigenvalue weighted by molar-refractivity contribution is 5.84. The molecule has 1 saturated heterocycles. The van der Waals surface area contributed by atoms with Crippen molar-refractivity contribution in [1.29, 1.82) is 0 Å². The van der Waals surface area contributed by atoms with Crippen LogP contribution in [0.4, 0.5) is 0 Å². The summed E-state index contributed by atoms with van der Waals surface area (Å²) in [6.07, 6.45) is 5.16. The molecule has 1 fully saturated rings. The van der Waals surface area contributed by atoms with Crippen molar-refractivity contribution in [2.75, 3.05) is 26.8 Å². The Morgan fingerprint density at radius 3 is 2.84 bits per heavy atom. The summed E-state index contributed by atoms with van der Waals surface area (Å²) in [7, 11) is 1.68. The minimum atomic E-state index is 0.248. The molecule has 2 aliphatic rings. The number of amides is 1. The maximum atomic E-state index is 12.1. The molecule has 2 aromatic rings. The second-order valence-electron chi connectivity index (χ2n) is 7.53. The summed E-state index contributed by atoms with van der Waals surface area (Å²) in [5, 5.41) is 1.29. The molecule has 1 aliphatic heterocycles. The standard InChI is InChI=1S/C21H26N2O2/c1-14-8-18(9-15-10-21(24)23(13-15)6-7-25-2)22-20-12-17-5-3-4-16(17)11-19(14)20/h8,11-12,15H,3-7,9-10,13H2,1-2H3. The first kappa shape index (κ1) is 16.5. The van der Waals surface area contributed by atoms with Gasteiger partial charge in [0.15, 0.2) is 0 Å². The number of methoxy groups -OCH3 is 1. The first-order valence-electron chi connectivity index (χ1n) is 9.33. The maximum Gasteiger partial charge on any atom is 0.223 e. The average molecular weight is 338 g/mol. The smallest absolute Gasteiger partial charge is 0.223 e. The SMILES string of the molecule is COCCN1CC(Cc2cc(C)c3cc4c(cc3n2)CCC4)CC1=O. The van der Waals surface area contributed by atoms with Crippen LogP contribution in [0.5, 0.6) is 0 Å². The van der Waals surface area contributed by atoms with Gasteiger partial charge in [0.2, 0.25) is 5.91 Å². The zero-order valence-electron chi connectivity index (χ0n) is 15.2. The second kappa shape index (κ2) is 6.75. The predicted octanol–water partition coefficient (Wildman–Crippen LogP) is 3.07. The Morgan fingerprint density at radius 2 is 2.04 bits per heavy atom. The van der Waals surface area contributed by atoms with Gasteiger partial charge < -0.3 is 9.64 Å². The van der Waals surface area contributed by atoms with Crippen LogP contribution in [0.25, 0.3) is 10.9 Å². The summed E-state index contributed by atoms with van der Waals surface area (Å²) in [6, 6.07) is 6.85. The van der Waals surface area contributed by atoms with Gasteiger partial charge in [0, 0.05) is 37.7 Å². The van der Waals surface area contributed by atoms with Crippen LogP contribution in [0.15, 0.2) is 18.2 Å². The zero-order chi connectivity index (χ0) is 17.4. The van der Waals surface area contributed by atoms with E-state index in [9.17, 15) is 4.79 Å². The van der Waals surface area contributed by atoms with E-state index in [0.29, 0.717) is 25.5 Å². The molecular formula is C21H26N2O2. The summed E-state index contributed by atoms with van der Waals surface area (Å²) in [4.78, 5) is 19.0. The van der Waals surface area contributed by atoms with Crippen molar-refractivity contribution in [3.05, 3.63) is 40.6 Å². The quantitative estimate of drug-likeness (QED) is 0.841. The fourth-order valence-electron chi connectivity index (χ4n) is 4.34. The number of aryl methyl sites for hydroxylation is 3. The third-order valence-electron chi connectivity index (χ3n) is 5.64. The monoisotopic (exact) mass is 338 g/mol. The fraction of sp³-hybridized carbons (Fsp3) is 0.524. The highest BCUT2D eigenvalue weighted by atomic mass is 16.5. The summed E-state index contributed by atoms with van der Waals surface area (Å²) in [6.45, 7) is 4.31. The number of rotatable bonds is 5. The minimum Gasteiger partial charge on any atom is -0.383 e. The Morgan fingerprint density at radius 1 is 1.24 bits per heavy atom. The van der Waals surface area contributed by atoms with Crippen LogP contribution in [0.1, 0.15) is 35.2 Å². The molecule has 1 amide bonds. The Labute approximate surface area is 149 Å². The largest absolute Gasteiger partial charge is 0.383 e. The van der Waals surface area contributed by atoms with E-state index in [1.807, 2.05) is 4.90 Å². The molecule has 2 heterocycles. The molecule has 1 aromatic carbocycles. The number of nitrogens with zero attached hydrogens (tertiary/aromatic N) is 2. The molecule has 1 atom stereocenters. The summed E-state index contributed by atoms with van der Waals surface area (Å²) < 4.78 is 5.10. The number of fused-ring (bicyclic) bond motifs is 2. The van der Waals surface area contributed by atoms with Crippen molar-refractivity contribution in [3.8, 4) is 0 Å². The third kappa shape index (κ3) is 3.28. The van der Waals surface area contributed by atoms with Crippen LogP contribution in [-0.2, 0) is 28.8 Å². The van der Waals surface area contributed by atoms with Gasteiger partial charge in [0.25, 0.3) is 0 Å². The van der Waals surface area contributed by atoms with Crippen LogP contribution in [-0.4, -0.2) is 42.6 Å². The lowest BCUT2D eigenvalue weighted by Crippen LogP contribution is -2.29. The van der Waals surface area contributed by atoms with Gasteiger partial charge in [0.05, 0.1) is 12.1 Å². The number of pyridine rings is 1. The number of hydrogen-bond donors (Lipinski definition) is 0. The fourth-order valence-corrected chi connectivity index (χ4v) is 4.34. The highest BCUT2D eigenvalue weighted by Gasteiger charge is 2.29. The lowest BCUT2D eigenvalue weighted by molar-refractivity contribution is -0.128. The van der Waals surface area contributed by atoms with Gasteiger partial charge in [-0.3, -0.25) is 9.78 Å². The van der Waals surface area contributed by atoms with Gasteiger partial charge in [-0.2, -0.15) is 0 Å². The van der Waals surface area contributed by atoms with Gasteiger partial charge in [-0.15, -0.1) is 0 Å². The van der Waals surface area contributed by atoms with E-state index >= 15 is 0 Å². The Balaban J connectivity index is 1.54. The highest BCUT2D eigenvalue weighted by Crippen LogP contribution is 2.29. The van der Waals surface area contributed by atoms with Crippen LogP contribution in [0, 0.1) is 12.8 Å². The van der Waals surface area contributed by atoms with Crippen molar-refractivity contribution in [1.82, 2.24) is 9.88 Å². The molecule has 0 spiro atoms. The zero-order valence-corrected chi connectivity index (χ0v) is 15.2. The summed E-state index contributed by atoms with van der Waals surface area (Å²) in [5.74, 6) is 0.612. The van der Waals surface area contributed by atoms with Gasteiger partial charge in [-0.1, -0.05) is 0 Å². The number of likely N-dealkylation sites (tertiary alicyclic amines) is 1. The number of ether oxygens (including phenoxy) is 1. The van der Waals surface area contributed by atoms with Crippen molar-refractivity contribution in [3.63, 3.8) is 0 Å². The van der Waals surface area contributed by atoms with E-state index in [0.717, 1.165) is 24.2 Å². The molecular weight excluding hydrogens is 312 g/mol. The molecule has 4 rings (SSSR count). The summed E-state index contributed by atoms with van der Waals surface area (Å²) in [5.41, 5.74) is 6.51. The molecule has 132 valence electrons. The van der Waals surface area contributed by atoms with E-state index < -0.39 is 0 Å². The van der Waals surface area contributed by atoms with E-state index in [2.05, 4.69) is 25.1 Å². The molecule has 4 nitrogen and oxygen atoms in total. The maximum absolute atomic E-state index is 12.1. The lowest BCUT2D eigenvalue weighted by Gasteiger charge is -2.16. The third-order valence-corrected chi connectivity index (χ3v) is 5.64. The molecule has 1 aliphatic carbocycles. The van der Waals surface area contributed by atoms with Crippen molar-refractivity contribution in [2.45, 2.75) is 39.0 Å². The Kier molecular flexibility index (Phi) is 4.46. The van der Waals surface area contributed by atoms with Crippen LogP contribution in [0.3, 0.4) is 0 Å². The van der Waals surface area contributed by atoms with Crippen LogP contribution in [0.2, 0.25) is 0 Å². The number of carbonyl (C=O) groups excluding carboxylic acids is 1. The molecule has 4 heteroatoms. The molecule has 25 heavy (non-hydrogen) atoms. The van der Waals surface area contributed by atoms with E-state index in [1.165, 1.54) is 41.3 Å².